The minimum Gasteiger partial charge on any atom is -0.455 e. The molecule has 5 heterocycles. The summed E-state index contributed by atoms with van der Waals surface area (Å²) in [7, 11) is 0. The molecular formula is C29H25N5O6S2. The molecule has 3 aliphatic heterocycles. The van der Waals surface area contributed by atoms with Crippen LogP contribution < -0.4 is 15.4 Å². The second-order valence-corrected chi connectivity index (χ2v) is 12.2. The van der Waals surface area contributed by atoms with Gasteiger partial charge in [-0.1, -0.05) is 23.9 Å². The molecule has 0 aliphatic carbocycles. The Morgan fingerprint density at radius 2 is 1.86 bits per heavy atom. The van der Waals surface area contributed by atoms with Crippen LogP contribution in [0.2, 0.25) is 0 Å². The summed E-state index contributed by atoms with van der Waals surface area (Å²) in [5.74, 6) is -0.904. The summed E-state index contributed by atoms with van der Waals surface area (Å²) in [6.07, 6.45) is 3.57. The number of carbonyl (C=O) groups is 3. The molecule has 4 aromatic rings. The topological polar surface area (TPSA) is 132 Å². The third kappa shape index (κ3) is 5.20. The third-order valence-electron chi connectivity index (χ3n) is 7.27. The highest BCUT2D eigenvalue weighted by molar-refractivity contribution is 7.99. The Bertz CT molecular complexity index is 1670. The molecule has 2 N–H and O–H groups in total. The summed E-state index contributed by atoms with van der Waals surface area (Å²) in [5.41, 5.74) is 1.13. The van der Waals surface area contributed by atoms with Gasteiger partial charge in [-0.25, -0.2) is 4.98 Å². The number of aromatic nitrogens is 2. The van der Waals surface area contributed by atoms with Gasteiger partial charge < -0.3 is 29.7 Å². The first-order chi connectivity index (χ1) is 20.5. The first-order valence-corrected chi connectivity index (χ1v) is 15.0. The number of rotatable bonds is 6. The van der Waals surface area contributed by atoms with Crippen LogP contribution in [-0.2, 0) is 25.6 Å². The van der Waals surface area contributed by atoms with Crippen LogP contribution >= 0.6 is 23.1 Å². The molecule has 2 aromatic heterocycles. The second kappa shape index (κ2) is 11.0. The standard InChI is InChI=1S/C29H25N5O6S2/c35-26(15-32-27(36)17-5-6-24-21(11-17)40-20-3-1-2-4-23(20)41-24)34-16-29(38-9-10-39-29)12-19(34)28(37)31-14-25-33-18-13-30-8-7-22(18)42-25/h1-8,11,13,19H,9-10,12,14-16H2,(H,31,37)(H,32,36)/t19-/m0/s1. The zero-order chi connectivity index (χ0) is 28.7. The lowest BCUT2D eigenvalue weighted by atomic mass is 10.1. The fourth-order valence-electron chi connectivity index (χ4n) is 5.25. The van der Waals surface area contributed by atoms with Crippen molar-refractivity contribution in [1.82, 2.24) is 25.5 Å². The zero-order valence-electron chi connectivity index (χ0n) is 22.2. The summed E-state index contributed by atoms with van der Waals surface area (Å²) in [4.78, 5) is 51.6. The number of ether oxygens (including phenoxy) is 3. The quantitative estimate of drug-likeness (QED) is 0.300. The maximum Gasteiger partial charge on any atom is 0.251 e. The van der Waals surface area contributed by atoms with Crippen molar-refractivity contribution < 1.29 is 28.6 Å². The Morgan fingerprint density at radius 1 is 1.02 bits per heavy atom. The van der Waals surface area contributed by atoms with E-state index in [0.29, 0.717) is 24.5 Å². The predicted octanol–water partition coefficient (Wildman–Crippen LogP) is 3.34. The summed E-state index contributed by atoms with van der Waals surface area (Å²) >= 11 is 3.04. The van der Waals surface area contributed by atoms with Gasteiger partial charge in [-0.2, -0.15) is 0 Å². The zero-order valence-corrected chi connectivity index (χ0v) is 23.8. The van der Waals surface area contributed by atoms with Crippen molar-refractivity contribution in [3.8, 4) is 11.5 Å². The number of nitrogens with one attached hydrogen (secondary N) is 2. The van der Waals surface area contributed by atoms with E-state index in [0.717, 1.165) is 30.8 Å². The lowest BCUT2D eigenvalue weighted by molar-refractivity contribution is -0.152. The highest BCUT2D eigenvalue weighted by Gasteiger charge is 2.52. The van der Waals surface area contributed by atoms with Crippen molar-refractivity contribution in [1.29, 1.82) is 0 Å². The van der Waals surface area contributed by atoms with Crippen LogP contribution in [0.3, 0.4) is 0 Å². The highest BCUT2D eigenvalue weighted by atomic mass is 32.2. The van der Waals surface area contributed by atoms with E-state index in [1.807, 2.05) is 36.4 Å². The number of thiazole rings is 1. The fraction of sp³-hybridized carbons (Fsp3) is 0.276. The van der Waals surface area contributed by atoms with E-state index in [1.165, 1.54) is 16.2 Å². The Labute approximate surface area is 248 Å². The van der Waals surface area contributed by atoms with E-state index in [9.17, 15) is 14.4 Å². The Hall–Kier alpha value is -4.04. The second-order valence-electron chi connectivity index (χ2n) is 10.0. The number of pyridine rings is 1. The van der Waals surface area contributed by atoms with Gasteiger partial charge in [0.25, 0.3) is 5.91 Å². The molecule has 0 unspecified atom stereocenters. The number of para-hydroxylation sites is 1. The molecule has 11 nitrogen and oxygen atoms in total. The van der Waals surface area contributed by atoms with Crippen molar-refractivity contribution >= 4 is 51.0 Å². The van der Waals surface area contributed by atoms with Gasteiger partial charge in [0.15, 0.2) is 5.79 Å². The number of hydrogen-bond acceptors (Lipinski definition) is 10. The van der Waals surface area contributed by atoms with Gasteiger partial charge in [0.2, 0.25) is 11.8 Å². The van der Waals surface area contributed by atoms with E-state index < -0.39 is 23.6 Å². The molecule has 0 saturated carbocycles. The number of nitrogens with zero attached hydrogens (tertiary/aromatic N) is 3. The van der Waals surface area contributed by atoms with E-state index in [4.69, 9.17) is 14.2 Å². The van der Waals surface area contributed by atoms with Crippen LogP contribution in [0.1, 0.15) is 21.8 Å². The molecule has 7 rings (SSSR count). The third-order valence-corrected chi connectivity index (χ3v) is 9.42. The Kier molecular flexibility index (Phi) is 7.02. The van der Waals surface area contributed by atoms with Crippen molar-refractivity contribution in [2.75, 3.05) is 26.3 Å². The number of likely N-dealkylation sites (tertiary alicyclic amines) is 1. The summed E-state index contributed by atoms with van der Waals surface area (Å²) in [6.45, 7) is 0.784. The summed E-state index contributed by atoms with van der Waals surface area (Å²) in [6, 6.07) is 13.9. The van der Waals surface area contributed by atoms with E-state index in [1.54, 1.807) is 36.3 Å². The molecule has 2 saturated heterocycles. The predicted molar refractivity (Wildman–Crippen MR) is 153 cm³/mol. The van der Waals surface area contributed by atoms with Crippen LogP contribution in [0.25, 0.3) is 10.2 Å². The molecule has 214 valence electrons. The number of carbonyl (C=O) groups excluding carboxylic acids is 3. The molecule has 3 amide bonds. The van der Waals surface area contributed by atoms with Gasteiger partial charge in [-0.3, -0.25) is 19.4 Å². The average Bonchev–Trinajstić information content (AvgIpc) is 3.75. The molecular weight excluding hydrogens is 578 g/mol. The van der Waals surface area contributed by atoms with Crippen LogP contribution in [-0.4, -0.2) is 70.7 Å². The maximum absolute atomic E-state index is 13.4. The lowest BCUT2D eigenvalue weighted by Gasteiger charge is -2.24. The van der Waals surface area contributed by atoms with Crippen molar-refractivity contribution in [2.45, 2.75) is 34.6 Å². The Morgan fingerprint density at radius 3 is 2.71 bits per heavy atom. The summed E-state index contributed by atoms with van der Waals surface area (Å²) < 4.78 is 18.6. The van der Waals surface area contributed by atoms with Crippen molar-refractivity contribution in [2.24, 2.45) is 0 Å². The highest BCUT2D eigenvalue weighted by Crippen LogP contribution is 2.47. The minimum absolute atomic E-state index is 0.0932. The number of benzene rings is 2. The minimum atomic E-state index is -1.03. The number of hydrogen-bond donors (Lipinski definition) is 2. The Balaban J connectivity index is 1.01. The van der Waals surface area contributed by atoms with Gasteiger partial charge >= 0.3 is 0 Å². The lowest BCUT2D eigenvalue weighted by Crippen LogP contribution is -2.49. The van der Waals surface area contributed by atoms with Gasteiger partial charge in [0, 0.05) is 18.2 Å². The van der Waals surface area contributed by atoms with Crippen molar-refractivity contribution in [3.05, 3.63) is 71.5 Å². The molecule has 0 radical (unpaired) electrons. The van der Waals surface area contributed by atoms with Crippen LogP contribution in [0, 0.1) is 0 Å². The fourth-order valence-corrected chi connectivity index (χ4v) is 7.06. The van der Waals surface area contributed by atoms with E-state index in [-0.39, 0.29) is 32.0 Å². The SMILES string of the molecule is O=C(NCC(=O)N1CC2(C[C@H]1C(=O)NCc1nc3cnccc3s1)OCCO2)c1ccc2c(c1)Oc1ccccc1S2. The molecule has 42 heavy (non-hydrogen) atoms. The molecule has 2 fully saturated rings. The molecule has 2 aromatic carbocycles. The van der Waals surface area contributed by atoms with Gasteiger partial charge in [-0.15, -0.1) is 11.3 Å². The molecule has 0 bridgehead atoms. The van der Waals surface area contributed by atoms with Gasteiger partial charge in [0.1, 0.15) is 22.5 Å². The largest absolute Gasteiger partial charge is 0.455 e. The first-order valence-electron chi connectivity index (χ1n) is 13.4. The molecule has 3 aliphatic rings. The number of fused-ring (bicyclic) bond motifs is 3. The molecule has 1 atom stereocenters. The molecule has 13 heteroatoms. The van der Waals surface area contributed by atoms with Crippen LogP contribution in [0.15, 0.2) is 70.7 Å². The van der Waals surface area contributed by atoms with Crippen LogP contribution in [0.5, 0.6) is 11.5 Å². The smallest absolute Gasteiger partial charge is 0.251 e. The monoisotopic (exact) mass is 603 g/mol. The number of amides is 3. The van der Waals surface area contributed by atoms with E-state index >= 15 is 0 Å². The van der Waals surface area contributed by atoms with Gasteiger partial charge in [-0.05, 0) is 36.4 Å². The van der Waals surface area contributed by atoms with Gasteiger partial charge in [0.05, 0.1) is 59.1 Å². The van der Waals surface area contributed by atoms with Crippen molar-refractivity contribution in [3.63, 3.8) is 0 Å². The normalized spacial score (nSPS) is 18.4. The van der Waals surface area contributed by atoms with E-state index in [2.05, 4.69) is 20.6 Å². The summed E-state index contributed by atoms with van der Waals surface area (Å²) in [5, 5.41) is 6.32. The van der Waals surface area contributed by atoms with Crippen LogP contribution in [0.4, 0.5) is 0 Å². The first kappa shape index (κ1) is 26.8. The maximum atomic E-state index is 13.4. The average molecular weight is 604 g/mol. The molecule has 1 spiro atoms.